The fraction of sp³-hybridized carbons (Fsp3) is 0.0714. The molecule has 0 fully saturated rings. The quantitative estimate of drug-likeness (QED) is 0.710. The summed E-state index contributed by atoms with van der Waals surface area (Å²) in [4.78, 5) is 26.4. The van der Waals surface area contributed by atoms with Crippen LogP contribution in [0, 0.1) is 5.82 Å². The van der Waals surface area contributed by atoms with E-state index in [9.17, 15) is 19.1 Å². The predicted molar refractivity (Wildman–Crippen MR) is 80.6 cm³/mol. The van der Waals surface area contributed by atoms with E-state index in [1.54, 1.807) is 6.07 Å². The van der Waals surface area contributed by atoms with Gasteiger partial charge in [0.15, 0.2) is 5.69 Å². The van der Waals surface area contributed by atoms with E-state index in [1.807, 2.05) is 5.32 Å². The lowest BCUT2D eigenvalue weighted by Gasteiger charge is -2.22. The van der Waals surface area contributed by atoms with E-state index < -0.39 is 34.5 Å². The number of aliphatic carboxylic acids is 1. The first kappa shape index (κ1) is 16.5. The molecular formula is C14H9B2FN2O4. The summed E-state index contributed by atoms with van der Waals surface area (Å²) in [5, 5.41) is 17.9. The maximum Gasteiger partial charge on any atom is 0.310 e. The summed E-state index contributed by atoms with van der Waals surface area (Å²) in [6, 6.07) is 6.74. The highest BCUT2D eigenvalue weighted by molar-refractivity contribution is 6.51. The number of amides is 1. The van der Waals surface area contributed by atoms with E-state index in [0.717, 1.165) is 0 Å². The Labute approximate surface area is 133 Å². The number of hydrogen-bond acceptors (Lipinski definition) is 4. The topological polar surface area (TPSA) is 99.5 Å². The monoisotopic (exact) mass is 310 g/mol. The first-order valence-electron chi connectivity index (χ1n) is 6.29. The third-order valence-corrected chi connectivity index (χ3v) is 2.91. The number of halogens is 1. The molecule has 3 N–H and O–H groups in total. The van der Waals surface area contributed by atoms with Crippen molar-refractivity contribution < 1.29 is 24.2 Å². The molecule has 1 aromatic carbocycles. The zero-order valence-corrected chi connectivity index (χ0v) is 11.7. The van der Waals surface area contributed by atoms with E-state index >= 15 is 0 Å². The van der Waals surface area contributed by atoms with Crippen LogP contribution >= 0.6 is 0 Å². The number of hydrogen-bond donors (Lipinski definition) is 3. The van der Waals surface area contributed by atoms with Gasteiger partial charge in [-0.1, -0.05) is 12.1 Å². The first-order valence-corrected chi connectivity index (χ1v) is 6.29. The Morgan fingerprint density at radius 1 is 1.22 bits per heavy atom. The van der Waals surface area contributed by atoms with Crippen molar-refractivity contribution in [1.29, 1.82) is 0 Å². The molecule has 6 nitrogen and oxygen atoms in total. The molecule has 0 saturated heterocycles. The minimum absolute atomic E-state index is 0.364. The second-order valence-corrected chi connectivity index (χ2v) is 4.73. The molecule has 0 saturated carbocycles. The molecule has 9 heteroatoms. The number of nitrogens with zero attached hydrogens (tertiary/aromatic N) is 1. The molecule has 1 aromatic heterocycles. The Hall–Kier alpha value is -2.83. The molecule has 0 bridgehead atoms. The molecule has 4 radical (unpaired) electrons. The Morgan fingerprint density at radius 2 is 1.91 bits per heavy atom. The second kappa shape index (κ2) is 6.12. The van der Waals surface area contributed by atoms with Crippen molar-refractivity contribution in [3.8, 4) is 16.9 Å². The van der Waals surface area contributed by atoms with Crippen LogP contribution in [0.3, 0.4) is 0 Å². The average molecular weight is 310 g/mol. The normalized spacial score (nSPS) is 11.0. The molecule has 0 aliphatic heterocycles. The summed E-state index contributed by atoms with van der Waals surface area (Å²) in [6.07, 6.45) is 1.22. The molecule has 0 aliphatic carbocycles. The van der Waals surface area contributed by atoms with E-state index in [-0.39, 0.29) is 0 Å². The van der Waals surface area contributed by atoms with Crippen molar-refractivity contribution in [2.75, 3.05) is 0 Å². The summed E-state index contributed by atoms with van der Waals surface area (Å²) in [7, 11) is 10.4. The number of carboxylic acid groups (broad SMARTS) is 1. The van der Waals surface area contributed by atoms with Gasteiger partial charge in [-0.2, -0.15) is 0 Å². The first-order chi connectivity index (χ1) is 10.7. The van der Waals surface area contributed by atoms with E-state index in [2.05, 4.69) is 4.98 Å². The van der Waals surface area contributed by atoms with Gasteiger partial charge in [-0.15, -0.1) is 0 Å². The molecule has 1 amide bonds. The van der Waals surface area contributed by atoms with Crippen molar-refractivity contribution >= 4 is 27.6 Å². The number of benzene rings is 1. The minimum atomic E-state index is -2.51. The van der Waals surface area contributed by atoms with Crippen molar-refractivity contribution in [3.05, 3.63) is 48.0 Å². The lowest BCUT2D eigenvalue weighted by molar-refractivity contribution is -0.138. The van der Waals surface area contributed by atoms with Gasteiger partial charge < -0.3 is 15.5 Å². The van der Waals surface area contributed by atoms with Gasteiger partial charge in [0.2, 0.25) is 0 Å². The number of rotatable bonds is 4. The van der Waals surface area contributed by atoms with Crippen LogP contribution in [0.2, 0.25) is 0 Å². The largest absolute Gasteiger partial charge is 0.505 e. The van der Waals surface area contributed by atoms with Crippen LogP contribution < -0.4 is 5.32 Å². The van der Waals surface area contributed by atoms with Gasteiger partial charge in [0.1, 0.15) is 27.3 Å². The van der Waals surface area contributed by atoms with E-state index in [1.165, 1.54) is 30.5 Å². The molecule has 23 heavy (non-hydrogen) atoms. The summed E-state index contributed by atoms with van der Waals surface area (Å²) in [6.45, 7) is 0. The van der Waals surface area contributed by atoms with E-state index in [4.69, 9.17) is 20.8 Å². The number of carbonyl (C=O) groups is 2. The van der Waals surface area contributed by atoms with Crippen LogP contribution in [0.15, 0.2) is 36.5 Å². The van der Waals surface area contributed by atoms with Crippen LogP contribution in [0.25, 0.3) is 11.1 Å². The summed E-state index contributed by atoms with van der Waals surface area (Å²) in [5.74, 6) is -3.74. The van der Waals surface area contributed by atoms with Crippen molar-refractivity contribution in [1.82, 2.24) is 10.3 Å². The van der Waals surface area contributed by atoms with Crippen LogP contribution in [0.5, 0.6) is 5.75 Å². The zero-order valence-electron chi connectivity index (χ0n) is 11.7. The molecule has 1 heterocycles. The Kier molecular flexibility index (Phi) is 4.40. The summed E-state index contributed by atoms with van der Waals surface area (Å²) >= 11 is 0. The summed E-state index contributed by atoms with van der Waals surface area (Å²) < 4.78 is 13.2. The van der Waals surface area contributed by atoms with Crippen LogP contribution in [-0.4, -0.2) is 48.1 Å². The number of carboxylic acids is 1. The van der Waals surface area contributed by atoms with E-state index in [0.29, 0.717) is 11.1 Å². The molecule has 112 valence electrons. The smallest absolute Gasteiger partial charge is 0.310 e. The Balaban J connectivity index is 2.29. The molecule has 0 aliphatic rings. The molecule has 0 atom stereocenters. The minimum Gasteiger partial charge on any atom is -0.505 e. The molecule has 2 aromatic rings. The fourth-order valence-corrected chi connectivity index (χ4v) is 1.75. The van der Waals surface area contributed by atoms with Crippen molar-refractivity contribution in [2.24, 2.45) is 0 Å². The summed E-state index contributed by atoms with van der Waals surface area (Å²) in [5.41, 5.74) is 0.340. The lowest BCUT2D eigenvalue weighted by Crippen LogP contribution is -2.55. The molecule has 0 spiro atoms. The number of aromatic hydroxyl groups is 1. The maximum absolute atomic E-state index is 13.2. The zero-order chi connectivity index (χ0) is 17.2. The fourth-order valence-electron chi connectivity index (χ4n) is 1.75. The van der Waals surface area contributed by atoms with Gasteiger partial charge in [-0.3, -0.25) is 9.59 Å². The van der Waals surface area contributed by atoms with Gasteiger partial charge in [0.25, 0.3) is 5.91 Å². The van der Waals surface area contributed by atoms with Gasteiger partial charge in [-0.25, -0.2) is 9.37 Å². The lowest BCUT2D eigenvalue weighted by atomic mass is 9.62. The molecular weight excluding hydrogens is 301 g/mol. The second-order valence-electron chi connectivity index (χ2n) is 4.73. The third kappa shape index (κ3) is 3.68. The highest BCUT2D eigenvalue weighted by Gasteiger charge is 2.29. The predicted octanol–water partition coefficient (Wildman–Crippen LogP) is 0.398. The number of carbonyl (C=O) groups excluding carboxylic acids is 1. The Morgan fingerprint density at radius 3 is 2.48 bits per heavy atom. The van der Waals surface area contributed by atoms with Gasteiger partial charge in [-0.05, 0) is 23.8 Å². The number of pyridine rings is 1. The highest BCUT2D eigenvalue weighted by Crippen LogP contribution is 2.25. The molecule has 0 unspecified atom stereocenters. The number of aromatic nitrogens is 1. The van der Waals surface area contributed by atoms with Gasteiger partial charge >= 0.3 is 5.97 Å². The van der Waals surface area contributed by atoms with Crippen LogP contribution in [0.4, 0.5) is 4.39 Å². The van der Waals surface area contributed by atoms with Crippen molar-refractivity contribution in [2.45, 2.75) is 5.34 Å². The maximum atomic E-state index is 13.2. The SMILES string of the molecule is [B]C([B])(NC(=O)c1ncc(-c2cccc(F)c2)cc1O)C(=O)O. The molecule has 2 rings (SSSR count). The average Bonchev–Trinajstić information content (AvgIpc) is 2.46. The van der Waals surface area contributed by atoms with Gasteiger partial charge in [0, 0.05) is 11.8 Å². The Bertz CT molecular complexity index is 783. The van der Waals surface area contributed by atoms with Crippen LogP contribution in [0.1, 0.15) is 10.5 Å². The highest BCUT2D eigenvalue weighted by atomic mass is 19.1. The van der Waals surface area contributed by atoms with Gasteiger partial charge in [0.05, 0.1) is 5.34 Å². The van der Waals surface area contributed by atoms with Crippen molar-refractivity contribution in [3.63, 3.8) is 0 Å². The number of nitrogens with one attached hydrogen (secondary N) is 1. The van der Waals surface area contributed by atoms with Crippen LogP contribution in [-0.2, 0) is 4.79 Å². The standard InChI is InChI=1S/C14H9B2FN2O4/c15-14(16,13(22)23)19-12(21)11-10(20)5-8(6-18-11)7-2-1-3-9(17)4-7/h1-6,20H,(H,19,21)(H,22,23). The third-order valence-electron chi connectivity index (χ3n) is 2.91.